The zero-order chi connectivity index (χ0) is 55.8. The first-order valence-electron chi connectivity index (χ1n) is 27.1. The van der Waals surface area contributed by atoms with E-state index in [0.29, 0.717) is 92.2 Å². The highest BCUT2D eigenvalue weighted by atomic mass is 32.1. The number of imide groups is 1. The van der Waals surface area contributed by atoms with Crippen molar-refractivity contribution < 1.29 is 53.0 Å². The van der Waals surface area contributed by atoms with E-state index in [-0.39, 0.29) is 85.3 Å². The number of carboxylic acids is 1. The maximum atomic E-state index is 14.6. The third-order valence-electron chi connectivity index (χ3n) is 15.0. The van der Waals surface area contributed by atoms with Gasteiger partial charge in [-0.05, 0) is 126 Å². The Morgan fingerprint density at radius 1 is 0.974 bits per heavy atom. The van der Waals surface area contributed by atoms with E-state index < -0.39 is 59.9 Å². The summed E-state index contributed by atoms with van der Waals surface area (Å²) in [6, 6.07) is 1.94. The second-order valence-corrected chi connectivity index (χ2v) is 22.0. The fraction of sp³-hybridized carbons (Fsp3) is 0.636. The predicted molar refractivity (Wildman–Crippen MR) is 288 cm³/mol. The van der Waals surface area contributed by atoms with Gasteiger partial charge in [-0.2, -0.15) is 0 Å². The number of carboxylic acid groups (broad SMARTS) is 1. The first-order valence-corrected chi connectivity index (χ1v) is 28.0. The van der Waals surface area contributed by atoms with Crippen molar-refractivity contribution in [2.45, 2.75) is 174 Å². The molecule has 1 saturated heterocycles. The number of likely N-dealkylation sites (N-methyl/N-ethyl adjacent to an activating group) is 2. The molecule has 1 aliphatic carbocycles. The van der Waals surface area contributed by atoms with Crippen LogP contribution in [0.15, 0.2) is 35.7 Å². The summed E-state index contributed by atoms with van der Waals surface area (Å²) in [5, 5.41) is 24.1. The van der Waals surface area contributed by atoms with E-state index in [1.807, 2.05) is 46.6 Å². The molecular weight excluding hydrogens is 995 g/mol. The van der Waals surface area contributed by atoms with E-state index in [9.17, 15) is 48.3 Å². The third-order valence-corrected chi connectivity index (χ3v) is 15.9. The SMILES string of the molecule is CC[C@H](C)[C@H](NC(=O)[C@H]1C[C@H](C)CCN1C)C(=O)N(CC)[C@H](C[C@@H](OC(C)=O)c1nc(C(=O)N[C@H]2Cc3ccc(NC(=O)[C@H](CCCCN)NC(=O)CCCCCN4C(=O)C=CC4=O)cc3[C@H](C(=O)O)C2)cs1)C(C)C. The van der Waals surface area contributed by atoms with Crippen LogP contribution < -0.4 is 27.0 Å². The van der Waals surface area contributed by atoms with Gasteiger partial charge in [0.05, 0.1) is 12.0 Å². The van der Waals surface area contributed by atoms with Crippen molar-refractivity contribution >= 4 is 70.3 Å². The van der Waals surface area contributed by atoms with Gasteiger partial charge in [-0.3, -0.25) is 53.0 Å². The molecule has 418 valence electrons. The average Bonchev–Trinajstić information content (AvgIpc) is 4.00. The monoisotopic (exact) mass is 1080 g/mol. The highest BCUT2D eigenvalue weighted by Gasteiger charge is 2.40. The van der Waals surface area contributed by atoms with Gasteiger partial charge in [0, 0.05) is 68.2 Å². The number of esters is 1. The van der Waals surface area contributed by atoms with Crippen molar-refractivity contribution in [2.75, 3.05) is 38.5 Å². The summed E-state index contributed by atoms with van der Waals surface area (Å²) in [5.74, 6) is -5.04. The number of fused-ring (bicyclic) bond motifs is 1. The predicted octanol–water partition coefficient (Wildman–Crippen LogP) is 5.22. The summed E-state index contributed by atoms with van der Waals surface area (Å²) in [7, 11) is 1.94. The van der Waals surface area contributed by atoms with Crippen LogP contribution in [0, 0.1) is 17.8 Å². The first kappa shape index (κ1) is 60.8. The number of carbonyl (C=O) groups excluding carboxylic acids is 8. The standard InChI is InChI=1S/C55H81N9O11S/c1-9-34(6)49(61-52(71)44-26-33(5)22-25-62(44)8)54(72)63(10-2)43(32(3)4)30-45(75-35(7)65)53-60-42(31-76-53)51(70)58-38-27-36-18-19-37(28-39(36)40(29-38)55(73)74)57-50(69)41(16-13-14-23-56)59-46(66)17-12-11-15-24-64-47(67)20-21-48(64)68/h18-21,28,31-34,38,40-41,43-45,49H,9-17,22-27,29-30,56H2,1-8H3,(H,57,69)(H,58,70)(H,59,66)(H,61,71)(H,73,74)/t33-,34+,38+,40-,41+,43-,44-,45-,49+/m1/s1. The number of nitrogens with one attached hydrogen (secondary N) is 4. The lowest BCUT2D eigenvalue weighted by Gasteiger charge is -2.40. The Hall–Kier alpha value is -6.06. The molecule has 20 nitrogen and oxygen atoms in total. The van der Waals surface area contributed by atoms with Gasteiger partial charge < -0.3 is 41.7 Å². The Labute approximate surface area is 451 Å². The lowest BCUT2D eigenvalue weighted by molar-refractivity contribution is -0.150. The Kier molecular flexibility index (Phi) is 23.1. The molecule has 3 aliphatic rings. The first-order chi connectivity index (χ1) is 36.1. The van der Waals surface area contributed by atoms with E-state index in [1.54, 1.807) is 28.5 Å². The van der Waals surface area contributed by atoms with Gasteiger partial charge in [0.15, 0.2) is 6.10 Å². The summed E-state index contributed by atoms with van der Waals surface area (Å²) in [4.78, 5) is 128. The number of unbranched alkanes of at least 4 members (excludes halogenated alkanes) is 3. The quantitative estimate of drug-likeness (QED) is 0.0362. The Morgan fingerprint density at radius 2 is 1.70 bits per heavy atom. The van der Waals surface area contributed by atoms with E-state index in [0.717, 1.165) is 29.2 Å². The zero-order valence-corrected chi connectivity index (χ0v) is 46.4. The normalized spacial score (nSPS) is 20.5. The van der Waals surface area contributed by atoms with E-state index in [1.165, 1.54) is 19.1 Å². The van der Waals surface area contributed by atoms with Gasteiger partial charge in [-0.25, -0.2) is 4.98 Å². The number of rotatable bonds is 28. The Bertz CT molecular complexity index is 2410. The van der Waals surface area contributed by atoms with Crippen LogP contribution in [0.2, 0.25) is 0 Å². The highest BCUT2D eigenvalue weighted by molar-refractivity contribution is 7.09. The van der Waals surface area contributed by atoms with Gasteiger partial charge in [0.25, 0.3) is 17.7 Å². The number of nitrogens with zero attached hydrogens (tertiary/aromatic N) is 4. The summed E-state index contributed by atoms with van der Waals surface area (Å²) in [6.45, 7) is 15.0. The fourth-order valence-corrected chi connectivity index (χ4v) is 11.2. The summed E-state index contributed by atoms with van der Waals surface area (Å²) >= 11 is 1.14. The number of aliphatic carboxylic acids is 1. The van der Waals surface area contributed by atoms with Gasteiger partial charge in [0.1, 0.15) is 22.8 Å². The van der Waals surface area contributed by atoms with Crippen molar-refractivity contribution in [3.63, 3.8) is 0 Å². The Morgan fingerprint density at radius 3 is 2.34 bits per heavy atom. The van der Waals surface area contributed by atoms with Crippen LogP contribution in [0.4, 0.5) is 5.69 Å². The largest absolute Gasteiger partial charge is 0.481 e. The molecule has 1 fully saturated rings. The van der Waals surface area contributed by atoms with Crippen molar-refractivity contribution in [3.05, 3.63) is 57.6 Å². The smallest absolute Gasteiger partial charge is 0.311 e. The molecule has 7 amide bonds. The van der Waals surface area contributed by atoms with Crippen LogP contribution in [-0.2, 0) is 49.5 Å². The van der Waals surface area contributed by atoms with Crippen LogP contribution >= 0.6 is 11.3 Å². The minimum atomic E-state index is -1.12. The van der Waals surface area contributed by atoms with Gasteiger partial charge in [-0.1, -0.05) is 53.5 Å². The van der Waals surface area contributed by atoms with Crippen LogP contribution in [0.25, 0.3) is 0 Å². The second kappa shape index (κ2) is 28.9. The molecule has 21 heteroatoms. The number of benzene rings is 1. The molecule has 2 aromatic rings. The maximum absolute atomic E-state index is 14.6. The van der Waals surface area contributed by atoms with Crippen LogP contribution in [0.3, 0.4) is 0 Å². The van der Waals surface area contributed by atoms with Gasteiger partial charge in [0.2, 0.25) is 23.6 Å². The highest BCUT2D eigenvalue weighted by Crippen LogP contribution is 2.36. The molecule has 0 spiro atoms. The lowest BCUT2D eigenvalue weighted by atomic mass is 9.79. The Balaban J connectivity index is 1.23. The molecule has 9 atom stereocenters. The fourth-order valence-electron chi connectivity index (χ4n) is 10.3. The number of nitrogens with two attached hydrogens (primary N) is 1. The number of amides is 7. The minimum absolute atomic E-state index is 0.0450. The lowest BCUT2D eigenvalue weighted by Crippen LogP contribution is -2.59. The van der Waals surface area contributed by atoms with Crippen molar-refractivity contribution in [1.29, 1.82) is 0 Å². The number of likely N-dealkylation sites (tertiary alicyclic amines) is 1. The number of carbonyl (C=O) groups is 9. The van der Waals surface area contributed by atoms with Crippen LogP contribution in [0.5, 0.6) is 0 Å². The van der Waals surface area contributed by atoms with Gasteiger partial charge >= 0.3 is 11.9 Å². The third kappa shape index (κ3) is 16.7. The van der Waals surface area contributed by atoms with E-state index in [4.69, 9.17) is 10.5 Å². The number of anilines is 1. The molecule has 1 aromatic heterocycles. The molecule has 5 rings (SSSR count). The molecular formula is C55H81N9O11S. The number of hydrogen-bond donors (Lipinski definition) is 6. The van der Waals surface area contributed by atoms with Gasteiger partial charge in [-0.15, -0.1) is 11.3 Å². The van der Waals surface area contributed by atoms with E-state index in [2.05, 4.69) is 33.2 Å². The molecule has 7 N–H and O–H groups in total. The van der Waals surface area contributed by atoms with Crippen molar-refractivity contribution in [1.82, 2.24) is 35.6 Å². The number of hydrogen-bond acceptors (Lipinski definition) is 14. The van der Waals surface area contributed by atoms with Crippen LogP contribution in [0.1, 0.15) is 164 Å². The number of aromatic nitrogens is 1. The molecule has 3 heterocycles. The number of ether oxygens (including phenoxy) is 1. The molecule has 1 aromatic carbocycles. The van der Waals surface area contributed by atoms with Crippen LogP contribution in [-0.4, -0.2) is 142 Å². The molecule has 0 bridgehead atoms. The molecule has 0 unspecified atom stereocenters. The molecule has 0 saturated carbocycles. The van der Waals surface area contributed by atoms with Crippen molar-refractivity contribution in [3.8, 4) is 0 Å². The molecule has 2 aliphatic heterocycles. The summed E-state index contributed by atoms with van der Waals surface area (Å²) in [6.07, 6.45) is 7.71. The zero-order valence-electron chi connectivity index (χ0n) is 45.6. The average molecular weight is 1080 g/mol. The number of thiazole rings is 1. The molecule has 76 heavy (non-hydrogen) atoms. The second-order valence-electron chi connectivity index (χ2n) is 21.1. The topological polar surface area (TPSA) is 280 Å². The summed E-state index contributed by atoms with van der Waals surface area (Å²) in [5.41, 5.74) is 7.26. The summed E-state index contributed by atoms with van der Waals surface area (Å²) < 4.78 is 5.87. The number of piperidine rings is 1. The van der Waals surface area contributed by atoms with Crippen molar-refractivity contribution in [2.24, 2.45) is 23.5 Å². The minimum Gasteiger partial charge on any atom is -0.481 e. The molecule has 0 radical (unpaired) electrons. The van der Waals surface area contributed by atoms with E-state index >= 15 is 0 Å². The maximum Gasteiger partial charge on any atom is 0.311 e.